The lowest BCUT2D eigenvalue weighted by molar-refractivity contribution is -0.106. The van der Waals surface area contributed by atoms with Crippen molar-refractivity contribution >= 4 is 21.6 Å². The zero-order chi connectivity index (χ0) is 24.3. The van der Waals surface area contributed by atoms with Gasteiger partial charge in [0.15, 0.2) is 0 Å². The lowest BCUT2D eigenvalue weighted by atomic mass is 10.2. The molecule has 35 heavy (non-hydrogen) atoms. The van der Waals surface area contributed by atoms with E-state index in [0.29, 0.717) is 32.0 Å². The topological polar surface area (TPSA) is 114 Å². The Kier molecular flexibility index (Phi) is 6.62. The standard InChI is InChI=1S/C24H25N5O5S/c30-24(34-29-16-18-7-8-25-13-19(18)17-29)27-14-20-1-4-23(15-26-20)35(31,32)22-5-2-21(3-6-22)28-9-11-33-12-10-28/h1-8,13,15H,9-12,14,16-17H2,(H,27,30). The van der Waals surface area contributed by atoms with Crippen molar-refractivity contribution in [1.29, 1.82) is 0 Å². The molecule has 182 valence electrons. The van der Waals surface area contributed by atoms with Crippen LogP contribution in [0.25, 0.3) is 0 Å². The second-order valence-electron chi connectivity index (χ2n) is 8.26. The van der Waals surface area contributed by atoms with E-state index in [2.05, 4.69) is 20.2 Å². The lowest BCUT2D eigenvalue weighted by Crippen LogP contribution is -2.36. The number of hydrogen-bond donors (Lipinski definition) is 1. The van der Waals surface area contributed by atoms with E-state index in [9.17, 15) is 13.2 Å². The van der Waals surface area contributed by atoms with E-state index in [-0.39, 0.29) is 16.3 Å². The first-order chi connectivity index (χ1) is 17.0. The predicted molar refractivity (Wildman–Crippen MR) is 126 cm³/mol. The average Bonchev–Trinajstić information content (AvgIpc) is 3.30. The molecule has 0 radical (unpaired) electrons. The molecule has 1 amide bonds. The third-order valence-corrected chi connectivity index (χ3v) is 7.71. The summed E-state index contributed by atoms with van der Waals surface area (Å²) in [6, 6.07) is 11.8. The Morgan fingerprint density at radius 2 is 1.71 bits per heavy atom. The number of ether oxygens (including phenoxy) is 1. The molecule has 2 aliphatic heterocycles. The molecule has 2 aromatic heterocycles. The van der Waals surface area contributed by atoms with Gasteiger partial charge in [0.25, 0.3) is 0 Å². The Morgan fingerprint density at radius 1 is 0.971 bits per heavy atom. The molecule has 0 bridgehead atoms. The van der Waals surface area contributed by atoms with Crippen LogP contribution in [0.2, 0.25) is 0 Å². The second kappa shape index (κ2) is 9.98. The number of morpholine rings is 1. The minimum atomic E-state index is -3.71. The molecule has 0 spiro atoms. The van der Waals surface area contributed by atoms with Crippen molar-refractivity contribution in [2.45, 2.75) is 29.4 Å². The van der Waals surface area contributed by atoms with Crippen molar-refractivity contribution in [3.63, 3.8) is 0 Å². The summed E-state index contributed by atoms with van der Waals surface area (Å²) >= 11 is 0. The first-order valence-electron chi connectivity index (χ1n) is 11.2. The van der Waals surface area contributed by atoms with E-state index in [0.717, 1.165) is 29.9 Å². The number of amides is 1. The van der Waals surface area contributed by atoms with Crippen LogP contribution in [0.5, 0.6) is 0 Å². The maximum atomic E-state index is 13.0. The summed E-state index contributed by atoms with van der Waals surface area (Å²) in [5, 5.41) is 4.19. The van der Waals surface area contributed by atoms with Crippen LogP contribution in [0.3, 0.4) is 0 Å². The smallest absolute Gasteiger partial charge is 0.378 e. The highest BCUT2D eigenvalue weighted by atomic mass is 32.2. The number of hydrogen-bond acceptors (Lipinski definition) is 9. The second-order valence-corrected chi connectivity index (χ2v) is 10.2. The van der Waals surface area contributed by atoms with Crippen LogP contribution < -0.4 is 10.2 Å². The molecule has 1 aromatic carbocycles. The van der Waals surface area contributed by atoms with Gasteiger partial charge < -0.3 is 19.8 Å². The Labute approximate surface area is 203 Å². The molecule has 1 saturated heterocycles. The number of anilines is 1. The number of benzene rings is 1. The fraction of sp³-hybridized carbons (Fsp3) is 0.292. The third-order valence-electron chi connectivity index (χ3n) is 5.96. The van der Waals surface area contributed by atoms with Gasteiger partial charge in [-0.2, -0.15) is 0 Å². The highest BCUT2D eigenvalue weighted by Gasteiger charge is 2.23. The molecular formula is C24H25N5O5S. The predicted octanol–water partition coefficient (Wildman–Crippen LogP) is 2.30. The molecule has 0 unspecified atom stereocenters. The van der Waals surface area contributed by atoms with Crippen LogP contribution in [-0.4, -0.2) is 55.8 Å². The molecule has 3 aromatic rings. The van der Waals surface area contributed by atoms with E-state index >= 15 is 0 Å². The normalized spacial score (nSPS) is 16.1. The van der Waals surface area contributed by atoms with Crippen LogP contribution in [0, 0.1) is 0 Å². The number of aromatic nitrogens is 2. The van der Waals surface area contributed by atoms with E-state index < -0.39 is 15.9 Å². The number of rotatable bonds is 6. The quantitative estimate of drug-likeness (QED) is 0.550. The number of nitrogens with one attached hydrogen (secondary N) is 1. The number of nitrogens with zero attached hydrogens (tertiary/aromatic N) is 4. The maximum Gasteiger partial charge on any atom is 0.426 e. The summed E-state index contributed by atoms with van der Waals surface area (Å²) in [5.41, 5.74) is 3.57. The van der Waals surface area contributed by atoms with Gasteiger partial charge in [0.05, 0.1) is 48.3 Å². The van der Waals surface area contributed by atoms with E-state index in [1.807, 2.05) is 18.2 Å². The van der Waals surface area contributed by atoms with Crippen molar-refractivity contribution in [2.75, 3.05) is 31.2 Å². The van der Waals surface area contributed by atoms with Gasteiger partial charge >= 0.3 is 6.09 Å². The van der Waals surface area contributed by atoms with Gasteiger partial charge in [0.1, 0.15) is 0 Å². The van der Waals surface area contributed by atoms with Crippen LogP contribution in [0.4, 0.5) is 10.5 Å². The molecule has 11 heteroatoms. The van der Waals surface area contributed by atoms with Crippen LogP contribution in [0.1, 0.15) is 16.8 Å². The largest absolute Gasteiger partial charge is 0.426 e. The van der Waals surface area contributed by atoms with Gasteiger partial charge in [-0.05, 0) is 53.6 Å². The molecule has 10 nitrogen and oxygen atoms in total. The number of carbonyl (C=O) groups excluding carboxylic acids is 1. The molecule has 4 heterocycles. The molecule has 2 aliphatic rings. The lowest BCUT2D eigenvalue weighted by Gasteiger charge is -2.28. The van der Waals surface area contributed by atoms with Gasteiger partial charge in [0, 0.05) is 37.4 Å². The van der Waals surface area contributed by atoms with Crippen molar-refractivity contribution < 1.29 is 22.8 Å². The molecule has 1 N–H and O–H groups in total. The summed E-state index contributed by atoms with van der Waals surface area (Å²) in [6.45, 7) is 3.97. The van der Waals surface area contributed by atoms with Gasteiger partial charge in [0.2, 0.25) is 9.84 Å². The maximum absolute atomic E-state index is 13.0. The van der Waals surface area contributed by atoms with Crippen LogP contribution >= 0.6 is 0 Å². The van der Waals surface area contributed by atoms with Crippen molar-refractivity contribution in [2.24, 2.45) is 0 Å². The van der Waals surface area contributed by atoms with E-state index in [4.69, 9.17) is 9.57 Å². The summed E-state index contributed by atoms with van der Waals surface area (Å²) in [7, 11) is -3.71. The summed E-state index contributed by atoms with van der Waals surface area (Å²) in [4.78, 5) is 28.2. The number of pyridine rings is 2. The number of hydroxylamine groups is 2. The monoisotopic (exact) mass is 495 g/mol. The molecule has 5 rings (SSSR count). The fourth-order valence-electron chi connectivity index (χ4n) is 4.03. The van der Waals surface area contributed by atoms with E-state index in [1.165, 1.54) is 12.3 Å². The van der Waals surface area contributed by atoms with Crippen molar-refractivity contribution in [3.05, 3.63) is 77.9 Å². The zero-order valence-electron chi connectivity index (χ0n) is 19.0. The zero-order valence-corrected chi connectivity index (χ0v) is 19.8. The number of sulfone groups is 1. The molecule has 0 saturated carbocycles. The van der Waals surface area contributed by atoms with Crippen LogP contribution in [0.15, 0.2) is 70.8 Å². The van der Waals surface area contributed by atoms with Crippen molar-refractivity contribution in [3.8, 4) is 0 Å². The van der Waals surface area contributed by atoms with E-state index in [1.54, 1.807) is 35.7 Å². The molecular weight excluding hydrogens is 470 g/mol. The number of carbonyl (C=O) groups is 1. The third kappa shape index (κ3) is 5.26. The minimum Gasteiger partial charge on any atom is -0.378 e. The molecule has 0 atom stereocenters. The Hall–Kier alpha value is -3.54. The fourth-order valence-corrected chi connectivity index (χ4v) is 5.24. The first kappa shape index (κ1) is 23.2. The highest BCUT2D eigenvalue weighted by Crippen LogP contribution is 2.24. The van der Waals surface area contributed by atoms with Gasteiger partial charge in [-0.3, -0.25) is 9.97 Å². The SMILES string of the molecule is O=C(NCc1ccc(S(=O)(=O)c2ccc(N3CCOCC3)cc2)cn1)ON1Cc2ccncc2C1. The summed E-state index contributed by atoms with van der Waals surface area (Å²) in [6.07, 6.45) is 4.16. The van der Waals surface area contributed by atoms with Crippen LogP contribution in [-0.2, 0) is 39.0 Å². The van der Waals surface area contributed by atoms with Gasteiger partial charge in [-0.1, -0.05) is 0 Å². The highest BCUT2D eigenvalue weighted by molar-refractivity contribution is 7.91. The average molecular weight is 496 g/mol. The Bertz CT molecular complexity index is 1270. The first-order valence-corrected chi connectivity index (χ1v) is 12.7. The summed E-state index contributed by atoms with van der Waals surface area (Å²) in [5.74, 6) is 0. The van der Waals surface area contributed by atoms with Gasteiger partial charge in [-0.25, -0.2) is 13.2 Å². The van der Waals surface area contributed by atoms with Gasteiger partial charge in [-0.15, -0.1) is 5.06 Å². The van der Waals surface area contributed by atoms with Crippen molar-refractivity contribution in [1.82, 2.24) is 20.3 Å². The molecule has 1 fully saturated rings. The summed E-state index contributed by atoms with van der Waals surface area (Å²) < 4.78 is 31.4. The minimum absolute atomic E-state index is 0.0892. The number of fused-ring (bicyclic) bond motifs is 1. The molecule has 0 aliphatic carbocycles. The Morgan fingerprint density at radius 3 is 2.43 bits per heavy atom. The Balaban J connectivity index is 1.16.